The van der Waals surface area contributed by atoms with E-state index in [2.05, 4.69) is 5.32 Å². The van der Waals surface area contributed by atoms with Gasteiger partial charge in [-0.1, -0.05) is 43.3 Å². The maximum Gasteiger partial charge on any atom is 0.234 e. The second-order valence-corrected chi connectivity index (χ2v) is 6.51. The summed E-state index contributed by atoms with van der Waals surface area (Å²) in [6, 6.07) is 14.9. The van der Waals surface area contributed by atoms with Crippen molar-refractivity contribution in [1.29, 1.82) is 0 Å². The van der Waals surface area contributed by atoms with Gasteiger partial charge in [0.1, 0.15) is 0 Å². The summed E-state index contributed by atoms with van der Waals surface area (Å²) in [6.07, 6.45) is 0.758. The summed E-state index contributed by atoms with van der Waals surface area (Å²) in [5.41, 5.74) is 1.95. The van der Waals surface area contributed by atoms with E-state index in [4.69, 9.17) is 9.47 Å². The van der Waals surface area contributed by atoms with Crippen LogP contribution in [0.2, 0.25) is 0 Å². The third-order valence-electron chi connectivity index (χ3n) is 4.34. The minimum absolute atomic E-state index is 0.0427. The Balaban J connectivity index is 1.64. The van der Waals surface area contributed by atoms with Gasteiger partial charge in [-0.2, -0.15) is 0 Å². The van der Waals surface area contributed by atoms with E-state index < -0.39 is 5.82 Å². The first kappa shape index (κ1) is 21.9. The third-order valence-corrected chi connectivity index (χ3v) is 4.34. The van der Waals surface area contributed by atoms with E-state index >= 15 is 0 Å². The standard InChI is InChI=1S/C22H29FN2O3/c1-3-25(15-19-10-11-21(27-2)20(23)14-19)16-22(26)24-12-7-13-28-17-18-8-5-4-6-9-18/h4-6,8-11,14H,3,7,12-13,15-17H2,1-2H3,(H,24,26). The molecule has 0 saturated heterocycles. The summed E-state index contributed by atoms with van der Waals surface area (Å²) in [5, 5.41) is 2.91. The normalized spacial score (nSPS) is 10.9. The van der Waals surface area contributed by atoms with E-state index in [9.17, 15) is 9.18 Å². The molecule has 0 radical (unpaired) electrons. The fourth-order valence-corrected chi connectivity index (χ4v) is 2.77. The maximum atomic E-state index is 13.8. The van der Waals surface area contributed by atoms with Crippen molar-refractivity contribution in [3.63, 3.8) is 0 Å². The van der Waals surface area contributed by atoms with Gasteiger partial charge in [-0.3, -0.25) is 9.69 Å². The van der Waals surface area contributed by atoms with Gasteiger partial charge >= 0.3 is 0 Å². The van der Waals surface area contributed by atoms with Gasteiger partial charge in [-0.05, 0) is 36.2 Å². The number of hydrogen-bond acceptors (Lipinski definition) is 4. The Morgan fingerprint density at radius 1 is 1.14 bits per heavy atom. The molecular weight excluding hydrogens is 359 g/mol. The third kappa shape index (κ3) is 7.66. The Morgan fingerprint density at radius 3 is 2.61 bits per heavy atom. The van der Waals surface area contributed by atoms with E-state index in [0.29, 0.717) is 32.8 Å². The molecule has 2 aromatic carbocycles. The SMILES string of the molecule is CCN(CC(=O)NCCCOCc1ccccc1)Cc1ccc(OC)c(F)c1. The van der Waals surface area contributed by atoms with Gasteiger partial charge in [0.15, 0.2) is 11.6 Å². The van der Waals surface area contributed by atoms with E-state index in [1.165, 1.54) is 13.2 Å². The van der Waals surface area contributed by atoms with Gasteiger partial charge < -0.3 is 14.8 Å². The molecule has 0 spiro atoms. The Labute approximate surface area is 166 Å². The molecule has 0 unspecified atom stereocenters. The molecule has 0 aliphatic heterocycles. The highest BCUT2D eigenvalue weighted by atomic mass is 19.1. The van der Waals surface area contributed by atoms with Crippen LogP contribution in [0.4, 0.5) is 4.39 Å². The van der Waals surface area contributed by atoms with E-state index in [0.717, 1.165) is 17.5 Å². The van der Waals surface area contributed by atoms with Crippen LogP contribution in [0.25, 0.3) is 0 Å². The predicted molar refractivity (Wildman–Crippen MR) is 108 cm³/mol. The minimum Gasteiger partial charge on any atom is -0.494 e. The minimum atomic E-state index is -0.393. The topological polar surface area (TPSA) is 50.8 Å². The lowest BCUT2D eigenvalue weighted by molar-refractivity contribution is -0.122. The van der Waals surface area contributed by atoms with Gasteiger partial charge in [0.2, 0.25) is 5.91 Å². The smallest absolute Gasteiger partial charge is 0.234 e. The number of amides is 1. The average molecular weight is 388 g/mol. The Bertz CT molecular complexity index is 725. The zero-order valence-electron chi connectivity index (χ0n) is 16.6. The molecule has 0 bridgehead atoms. The molecule has 0 atom stereocenters. The van der Waals surface area contributed by atoms with Crippen LogP contribution >= 0.6 is 0 Å². The van der Waals surface area contributed by atoms with E-state index in [1.807, 2.05) is 48.2 Å². The zero-order valence-corrected chi connectivity index (χ0v) is 16.6. The molecule has 1 amide bonds. The number of nitrogens with one attached hydrogen (secondary N) is 1. The van der Waals surface area contributed by atoms with E-state index in [-0.39, 0.29) is 18.2 Å². The predicted octanol–water partition coefficient (Wildman–Crippen LogP) is 3.38. The number of ether oxygens (including phenoxy) is 2. The van der Waals surface area contributed by atoms with Crippen LogP contribution in [0.1, 0.15) is 24.5 Å². The number of benzene rings is 2. The summed E-state index contributed by atoms with van der Waals surface area (Å²) in [4.78, 5) is 14.1. The van der Waals surface area contributed by atoms with Crippen molar-refractivity contribution >= 4 is 5.91 Å². The van der Waals surface area contributed by atoms with E-state index in [1.54, 1.807) is 6.07 Å². The lowest BCUT2D eigenvalue weighted by atomic mass is 10.2. The number of rotatable bonds is 12. The number of likely N-dealkylation sites (N-methyl/N-ethyl adjacent to an activating group) is 1. The van der Waals surface area contributed by atoms with Crippen LogP contribution in [0, 0.1) is 5.82 Å². The molecule has 0 aromatic heterocycles. The molecule has 0 aliphatic carbocycles. The Hall–Kier alpha value is -2.44. The number of nitrogens with zero attached hydrogens (tertiary/aromatic N) is 1. The van der Waals surface area contributed by atoms with Crippen molar-refractivity contribution in [1.82, 2.24) is 10.2 Å². The highest BCUT2D eigenvalue weighted by molar-refractivity contribution is 5.77. The first-order valence-electron chi connectivity index (χ1n) is 9.55. The number of carbonyl (C=O) groups is 1. The van der Waals surface area contributed by atoms with Crippen LogP contribution in [0.5, 0.6) is 5.75 Å². The molecule has 5 nitrogen and oxygen atoms in total. The summed E-state index contributed by atoms with van der Waals surface area (Å²) < 4.78 is 24.3. The van der Waals surface area contributed by atoms with Crippen molar-refractivity contribution in [3.05, 3.63) is 65.5 Å². The average Bonchev–Trinajstić information content (AvgIpc) is 2.71. The van der Waals surface area contributed by atoms with Crippen molar-refractivity contribution in [2.45, 2.75) is 26.5 Å². The summed E-state index contributed by atoms with van der Waals surface area (Å²) in [6.45, 7) is 5.20. The molecule has 0 aliphatic rings. The lowest BCUT2D eigenvalue weighted by Gasteiger charge is -2.20. The molecule has 6 heteroatoms. The second kappa shape index (κ2) is 12.1. The molecule has 0 heterocycles. The van der Waals surface area contributed by atoms with Crippen LogP contribution in [-0.4, -0.2) is 44.2 Å². The van der Waals surface area contributed by atoms with Crippen molar-refractivity contribution in [2.75, 3.05) is 33.4 Å². The number of carbonyl (C=O) groups excluding carboxylic acids is 1. The lowest BCUT2D eigenvalue weighted by Crippen LogP contribution is -2.37. The molecule has 152 valence electrons. The molecule has 0 fully saturated rings. The molecule has 2 rings (SSSR count). The number of hydrogen-bond donors (Lipinski definition) is 1. The largest absolute Gasteiger partial charge is 0.494 e. The fourth-order valence-electron chi connectivity index (χ4n) is 2.77. The van der Waals surface area contributed by atoms with Gasteiger partial charge in [0.05, 0.1) is 20.3 Å². The van der Waals surface area contributed by atoms with Gasteiger partial charge in [0, 0.05) is 19.7 Å². The van der Waals surface area contributed by atoms with Gasteiger partial charge in [-0.25, -0.2) is 4.39 Å². The molecule has 28 heavy (non-hydrogen) atoms. The van der Waals surface area contributed by atoms with Crippen molar-refractivity contribution < 1.29 is 18.7 Å². The molecular formula is C22H29FN2O3. The highest BCUT2D eigenvalue weighted by Crippen LogP contribution is 2.18. The van der Waals surface area contributed by atoms with Gasteiger partial charge in [0.25, 0.3) is 0 Å². The quantitative estimate of drug-likeness (QED) is 0.567. The fraction of sp³-hybridized carbons (Fsp3) is 0.409. The number of methoxy groups -OCH3 is 1. The molecule has 0 saturated carbocycles. The Kier molecular flexibility index (Phi) is 9.45. The van der Waals surface area contributed by atoms with Gasteiger partial charge in [-0.15, -0.1) is 0 Å². The number of halogens is 1. The van der Waals surface area contributed by atoms with Crippen LogP contribution in [-0.2, 0) is 22.7 Å². The zero-order chi connectivity index (χ0) is 20.2. The monoisotopic (exact) mass is 388 g/mol. The van der Waals surface area contributed by atoms with Crippen LogP contribution in [0.15, 0.2) is 48.5 Å². The van der Waals surface area contributed by atoms with Crippen molar-refractivity contribution in [2.24, 2.45) is 0 Å². The summed E-state index contributed by atoms with van der Waals surface area (Å²) >= 11 is 0. The highest BCUT2D eigenvalue weighted by Gasteiger charge is 2.11. The first-order valence-corrected chi connectivity index (χ1v) is 9.55. The Morgan fingerprint density at radius 2 is 1.93 bits per heavy atom. The second-order valence-electron chi connectivity index (χ2n) is 6.51. The van der Waals surface area contributed by atoms with Crippen molar-refractivity contribution in [3.8, 4) is 5.75 Å². The maximum absolute atomic E-state index is 13.8. The van der Waals surface area contributed by atoms with Crippen LogP contribution < -0.4 is 10.1 Å². The van der Waals surface area contributed by atoms with Crippen LogP contribution in [0.3, 0.4) is 0 Å². The summed E-state index contributed by atoms with van der Waals surface area (Å²) in [7, 11) is 1.44. The molecule has 2 aromatic rings. The first-order chi connectivity index (χ1) is 13.6. The summed E-state index contributed by atoms with van der Waals surface area (Å²) in [5.74, 6) is -0.214. The molecule has 1 N–H and O–H groups in total.